The van der Waals surface area contributed by atoms with Crippen molar-refractivity contribution < 1.29 is 0 Å². The van der Waals surface area contributed by atoms with Crippen molar-refractivity contribution in [3.05, 3.63) is 41.7 Å². The summed E-state index contributed by atoms with van der Waals surface area (Å²) in [6.07, 6.45) is 4.90. The minimum atomic E-state index is 0.579. The monoisotopic (exact) mass is 391 g/mol. The van der Waals surface area contributed by atoms with Crippen molar-refractivity contribution in [2.24, 2.45) is 5.92 Å². The second-order valence-corrected chi connectivity index (χ2v) is 7.81. The average molecular weight is 392 g/mol. The molecule has 7 heteroatoms. The van der Waals surface area contributed by atoms with Crippen LogP contribution in [0.2, 0.25) is 0 Å². The predicted octanol–water partition coefficient (Wildman–Crippen LogP) is 3.30. The molecular formula is C19H29N5S2. The van der Waals surface area contributed by atoms with E-state index < -0.39 is 0 Å². The molecule has 0 aliphatic heterocycles. The lowest BCUT2D eigenvalue weighted by Crippen LogP contribution is -2.37. The lowest BCUT2D eigenvalue weighted by Gasteiger charge is -2.12. The van der Waals surface area contributed by atoms with E-state index in [9.17, 15) is 0 Å². The highest BCUT2D eigenvalue weighted by atomic mass is 32.2. The second-order valence-electron chi connectivity index (χ2n) is 6.63. The molecule has 0 saturated heterocycles. The van der Waals surface area contributed by atoms with E-state index in [-0.39, 0.29) is 0 Å². The Bertz CT molecular complexity index is 670. The molecule has 2 N–H and O–H groups in total. The highest BCUT2D eigenvalue weighted by molar-refractivity contribution is 7.98. The van der Waals surface area contributed by atoms with Crippen LogP contribution in [-0.2, 0) is 19.4 Å². The minimum Gasteiger partial charge on any atom is -0.363 e. The number of nitrogens with zero attached hydrogens (tertiary/aromatic N) is 3. The number of nitrogens with one attached hydrogen (secondary N) is 2. The van der Waals surface area contributed by atoms with Gasteiger partial charge >= 0.3 is 0 Å². The largest absolute Gasteiger partial charge is 0.363 e. The number of benzene rings is 1. The van der Waals surface area contributed by atoms with Crippen molar-refractivity contribution in [1.29, 1.82) is 0 Å². The number of aryl methyl sites for hydroxylation is 1. The van der Waals surface area contributed by atoms with Crippen LogP contribution in [0, 0.1) is 5.92 Å². The van der Waals surface area contributed by atoms with Crippen molar-refractivity contribution in [1.82, 2.24) is 25.4 Å². The zero-order valence-corrected chi connectivity index (χ0v) is 17.5. The molecule has 0 radical (unpaired) electrons. The standard InChI is InChI=1S/C19H29N5S2/c1-15(2)14-24-17(22-23-19(24)26-3)10-7-12-20-18(25)21-13-11-16-8-5-4-6-9-16/h4-6,8-9,15H,7,10-14H2,1-3H3,(H2,20,21,25). The lowest BCUT2D eigenvalue weighted by molar-refractivity contribution is 0.477. The van der Waals surface area contributed by atoms with Crippen LogP contribution in [0.25, 0.3) is 0 Å². The van der Waals surface area contributed by atoms with Crippen molar-refractivity contribution >= 4 is 29.1 Å². The minimum absolute atomic E-state index is 0.579. The highest BCUT2D eigenvalue weighted by Crippen LogP contribution is 2.16. The average Bonchev–Trinajstić information content (AvgIpc) is 3.00. The third-order valence-corrected chi connectivity index (χ3v) is 4.88. The molecule has 142 valence electrons. The molecule has 0 bridgehead atoms. The molecule has 1 heterocycles. The Kier molecular flexibility index (Phi) is 8.91. The molecule has 1 aromatic heterocycles. The molecule has 0 atom stereocenters. The molecule has 0 aliphatic rings. The fourth-order valence-corrected chi connectivity index (χ4v) is 3.41. The maximum atomic E-state index is 5.35. The number of rotatable bonds is 10. The molecule has 0 amide bonds. The maximum absolute atomic E-state index is 5.35. The van der Waals surface area contributed by atoms with Gasteiger partial charge in [0, 0.05) is 26.1 Å². The van der Waals surface area contributed by atoms with E-state index in [1.807, 2.05) is 12.3 Å². The first-order valence-electron chi connectivity index (χ1n) is 9.11. The molecule has 5 nitrogen and oxygen atoms in total. The van der Waals surface area contributed by atoms with Crippen LogP contribution in [0.5, 0.6) is 0 Å². The molecule has 26 heavy (non-hydrogen) atoms. The van der Waals surface area contributed by atoms with Gasteiger partial charge in [0.1, 0.15) is 5.82 Å². The van der Waals surface area contributed by atoms with E-state index in [1.54, 1.807) is 11.8 Å². The van der Waals surface area contributed by atoms with Gasteiger partial charge in [0.2, 0.25) is 0 Å². The van der Waals surface area contributed by atoms with Crippen LogP contribution >= 0.6 is 24.0 Å². The summed E-state index contributed by atoms with van der Waals surface area (Å²) in [7, 11) is 0. The summed E-state index contributed by atoms with van der Waals surface area (Å²) in [6.45, 7) is 7.07. The Hall–Kier alpha value is -1.60. The van der Waals surface area contributed by atoms with Gasteiger partial charge in [-0.25, -0.2) is 0 Å². The lowest BCUT2D eigenvalue weighted by atomic mass is 10.1. The molecule has 0 spiro atoms. The van der Waals surface area contributed by atoms with E-state index in [0.29, 0.717) is 5.92 Å². The third kappa shape index (κ3) is 6.96. The Morgan fingerprint density at radius 1 is 1.12 bits per heavy atom. The molecule has 0 unspecified atom stereocenters. The van der Waals surface area contributed by atoms with Gasteiger partial charge in [-0.3, -0.25) is 0 Å². The van der Waals surface area contributed by atoms with Crippen LogP contribution in [0.15, 0.2) is 35.5 Å². The Labute approximate surface area is 166 Å². The van der Waals surface area contributed by atoms with Crippen molar-refractivity contribution in [3.8, 4) is 0 Å². The summed E-state index contributed by atoms with van der Waals surface area (Å²) in [5, 5.41) is 16.9. The van der Waals surface area contributed by atoms with E-state index in [1.165, 1.54) is 5.56 Å². The smallest absolute Gasteiger partial charge is 0.190 e. The molecule has 0 saturated carbocycles. The van der Waals surface area contributed by atoms with Gasteiger partial charge in [0.25, 0.3) is 0 Å². The summed E-state index contributed by atoms with van der Waals surface area (Å²) in [5.41, 5.74) is 1.32. The topological polar surface area (TPSA) is 54.8 Å². The number of thiocarbonyl (C=S) groups is 1. The quantitative estimate of drug-likeness (QED) is 0.368. The Morgan fingerprint density at radius 2 is 1.85 bits per heavy atom. The van der Waals surface area contributed by atoms with E-state index in [2.05, 4.69) is 63.5 Å². The fraction of sp³-hybridized carbons (Fsp3) is 0.526. The van der Waals surface area contributed by atoms with Gasteiger partial charge in [-0.05, 0) is 42.8 Å². The summed E-state index contributed by atoms with van der Waals surface area (Å²) in [4.78, 5) is 0. The predicted molar refractivity (Wildman–Crippen MR) is 114 cm³/mol. The van der Waals surface area contributed by atoms with Crippen LogP contribution < -0.4 is 10.6 Å². The SMILES string of the molecule is CSc1nnc(CCCNC(=S)NCCc2ccccc2)n1CC(C)C. The van der Waals surface area contributed by atoms with Gasteiger partial charge in [-0.15, -0.1) is 10.2 Å². The maximum Gasteiger partial charge on any atom is 0.190 e. The van der Waals surface area contributed by atoms with Crippen molar-refractivity contribution in [2.45, 2.75) is 44.8 Å². The summed E-state index contributed by atoms with van der Waals surface area (Å²) in [6, 6.07) is 10.4. The zero-order chi connectivity index (χ0) is 18.8. The number of aromatic nitrogens is 3. The van der Waals surface area contributed by atoms with Gasteiger partial charge < -0.3 is 15.2 Å². The number of thioether (sulfide) groups is 1. The van der Waals surface area contributed by atoms with Crippen LogP contribution in [-0.4, -0.2) is 39.2 Å². The van der Waals surface area contributed by atoms with Crippen molar-refractivity contribution in [2.75, 3.05) is 19.3 Å². The Morgan fingerprint density at radius 3 is 2.54 bits per heavy atom. The van der Waals surface area contributed by atoms with Crippen LogP contribution in [0.3, 0.4) is 0 Å². The number of hydrogen-bond acceptors (Lipinski definition) is 4. The Balaban J connectivity index is 1.67. The highest BCUT2D eigenvalue weighted by Gasteiger charge is 2.12. The molecule has 0 fully saturated rings. The van der Waals surface area contributed by atoms with E-state index in [0.717, 1.165) is 55.0 Å². The normalized spacial score (nSPS) is 10.9. The van der Waals surface area contributed by atoms with Gasteiger partial charge in [-0.1, -0.05) is 55.9 Å². The van der Waals surface area contributed by atoms with Crippen molar-refractivity contribution in [3.63, 3.8) is 0 Å². The molecule has 1 aromatic carbocycles. The van der Waals surface area contributed by atoms with Gasteiger partial charge in [0.05, 0.1) is 0 Å². The van der Waals surface area contributed by atoms with E-state index >= 15 is 0 Å². The first-order chi connectivity index (χ1) is 12.6. The first kappa shape index (κ1) is 20.7. The molecule has 2 aromatic rings. The molecular weight excluding hydrogens is 362 g/mol. The van der Waals surface area contributed by atoms with E-state index in [4.69, 9.17) is 12.2 Å². The second kappa shape index (κ2) is 11.2. The summed E-state index contributed by atoms with van der Waals surface area (Å²) >= 11 is 7.00. The summed E-state index contributed by atoms with van der Waals surface area (Å²) in [5.74, 6) is 1.64. The van der Waals surface area contributed by atoms with Gasteiger partial charge in [0.15, 0.2) is 10.3 Å². The molecule has 0 aliphatic carbocycles. The van der Waals surface area contributed by atoms with Crippen LogP contribution in [0.1, 0.15) is 31.7 Å². The fourth-order valence-electron chi connectivity index (χ4n) is 2.68. The summed E-state index contributed by atoms with van der Waals surface area (Å²) < 4.78 is 2.24. The first-order valence-corrected chi connectivity index (χ1v) is 10.7. The molecule has 2 rings (SSSR count). The zero-order valence-electron chi connectivity index (χ0n) is 15.9. The van der Waals surface area contributed by atoms with Crippen LogP contribution in [0.4, 0.5) is 0 Å². The number of hydrogen-bond donors (Lipinski definition) is 2. The van der Waals surface area contributed by atoms with Gasteiger partial charge in [-0.2, -0.15) is 0 Å². The third-order valence-electron chi connectivity index (χ3n) is 3.93.